The molecule has 96 valence electrons. The zero-order valence-electron chi connectivity index (χ0n) is 10.2. The zero-order valence-corrected chi connectivity index (χ0v) is 10.2. The monoisotopic (exact) mass is 250 g/mol. The molecule has 1 atom stereocenters. The van der Waals surface area contributed by atoms with Gasteiger partial charge in [-0.05, 0) is 31.9 Å². The van der Waals surface area contributed by atoms with Crippen molar-refractivity contribution in [1.29, 1.82) is 0 Å². The minimum Gasteiger partial charge on any atom is -0.490 e. The molecule has 1 aliphatic carbocycles. The standard InChI is InChI=1S/C14H15FO3/c1-9(16)13-6-5-12(8-14(13)15)18-11-4-2-3-10(17)7-11/h5-6,8,11H,2-4,7H2,1H3. The molecule has 1 fully saturated rings. The molecular weight excluding hydrogens is 235 g/mol. The smallest absolute Gasteiger partial charge is 0.162 e. The highest BCUT2D eigenvalue weighted by atomic mass is 19.1. The van der Waals surface area contributed by atoms with Gasteiger partial charge in [-0.3, -0.25) is 9.59 Å². The fourth-order valence-electron chi connectivity index (χ4n) is 2.13. The lowest BCUT2D eigenvalue weighted by atomic mass is 9.96. The van der Waals surface area contributed by atoms with Crippen LogP contribution in [0.25, 0.3) is 0 Å². The van der Waals surface area contributed by atoms with Crippen LogP contribution in [0.15, 0.2) is 18.2 Å². The summed E-state index contributed by atoms with van der Waals surface area (Å²) in [5.41, 5.74) is 0.0575. The first-order valence-electron chi connectivity index (χ1n) is 6.05. The lowest BCUT2D eigenvalue weighted by molar-refractivity contribution is -0.122. The third-order valence-corrected chi connectivity index (χ3v) is 3.06. The second-order valence-corrected chi connectivity index (χ2v) is 4.57. The van der Waals surface area contributed by atoms with Crippen LogP contribution in [0.3, 0.4) is 0 Å². The third-order valence-electron chi connectivity index (χ3n) is 3.06. The molecule has 1 aromatic carbocycles. The fourth-order valence-corrected chi connectivity index (χ4v) is 2.13. The van der Waals surface area contributed by atoms with E-state index in [4.69, 9.17) is 4.74 Å². The van der Waals surface area contributed by atoms with Crippen molar-refractivity contribution in [1.82, 2.24) is 0 Å². The van der Waals surface area contributed by atoms with Crippen molar-refractivity contribution >= 4 is 11.6 Å². The number of ketones is 2. The summed E-state index contributed by atoms with van der Waals surface area (Å²) in [7, 11) is 0. The van der Waals surface area contributed by atoms with E-state index in [-0.39, 0.29) is 23.2 Å². The summed E-state index contributed by atoms with van der Waals surface area (Å²) in [6.07, 6.45) is 2.45. The number of hydrogen-bond acceptors (Lipinski definition) is 3. The van der Waals surface area contributed by atoms with Gasteiger partial charge in [0.05, 0.1) is 5.56 Å². The molecule has 1 aliphatic rings. The predicted octanol–water partition coefficient (Wildman–Crippen LogP) is 2.92. The van der Waals surface area contributed by atoms with Crippen LogP contribution in [0, 0.1) is 5.82 Å². The Hall–Kier alpha value is -1.71. The van der Waals surface area contributed by atoms with Gasteiger partial charge in [0.2, 0.25) is 0 Å². The summed E-state index contributed by atoms with van der Waals surface area (Å²) < 4.78 is 19.1. The maximum Gasteiger partial charge on any atom is 0.162 e. The molecule has 0 bridgehead atoms. The van der Waals surface area contributed by atoms with E-state index >= 15 is 0 Å². The van der Waals surface area contributed by atoms with Crippen molar-refractivity contribution in [3.05, 3.63) is 29.6 Å². The Morgan fingerprint density at radius 1 is 1.44 bits per heavy atom. The fraction of sp³-hybridized carbons (Fsp3) is 0.429. The van der Waals surface area contributed by atoms with Gasteiger partial charge in [-0.25, -0.2) is 4.39 Å². The second kappa shape index (κ2) is 5.29. The van der Waals surface area contributed by atoms with E-state index < -0.39 is 5.82 Å². The summed E-state index contributed by atoms with van der Waals surface area (Å²) in [5, 5.41) is 0. The number of rotatable bonds is 3. The van der Waals surface area contributed by atoms with Gasteiger partial charge in [-0.1, -0.05) is 0 Å². The average Bonchev–Trinajstić information content (AvgIpc) is 2.28. The van der Waals surface area contributed by atoms with Gasteiger partial charge in [0.25, 0.3) is 0 Å². The van der Waals surface area contributed by atoms with Crippen LogP contribution >= 0.6 is 0 Å². The van der Waals surface area contributed by atoms with E-state index in [9.17, 15) is 14.0 Å². The number of ether oxygens (including phenoxy) is 1. The molecule has 4 heteroatoms. The maximum absolute atomic E-state index is 13.6. The molecule has 1 aromatic rings. The first-order valence-corrected chi connectivity index (χ1v) is 6.05. The second-order valence-electron chi connectivity index (χ2n) is 4.57. The zero-order chi connectivity index (χ0) is 13.1. The van der Waals surface area contributed by atoms with Crippen molar-refractivity contribution in [2.75, 3.05) is 0 Å². The summed E-state index contributed by atoms with van der Waals surface area (Å²) >= 11 is 0. The Bertz CT molecular complexity index is 482. The van der Waals surface area contributed by atoms with E-state index in [1.54, 1.807) is 6.07 Å². The molecule has 18 heavy (non-hydrogen) atoms. The number of hydrogen-bond donors (Lipinski definition) is 0. The van der Waals surface area contributed by atoms with Gasteiger partial charge in [0, 0.05) is 18.9 Å². The van der Waals surface area contributed by atoms with Crippen molar-refractivity contribution in [3.63, 3.8) is 0 Å². The van der Waals surface area contributed by atoms with Gasteiger partial charge in [0.15, 0.2) is 5.78 Å². The summed E-state index contributed by atoms with van der Waals surface area (Å²) in [6.45, 7) is 1.32. The number of carbonyl (C=O) groups excluding carboxylic acids is 2. The van der Waals surface area contributed by atoms with Gasteiger partial charge in [-0.2, -0.15) is 0 Å². The van der Waals surface area contributed by atoms with Crippen LogP contribution in [0.4, 0.5) is 4.39 Å². The number of halogens is 1. The summed E-state index contributed by atoms with van der Waals surface area (Å²) in [4.78, 5) is 22.4. The van der Waals surface area contributed by atoms with Crippen LogP contribution in [-0.2, 0) is 4.79 Å². The topological polar surface area (TPSA) is 43.4 Å². The van der Waals surface area contributed by atoms with Crippen molar-refractivity contribution in [2.24, 2.45) is 0 Å². The van der Waals surface area contributed by atoms with E-state index in [2.05, 4.69) is 0 Å². The van der Waals surface area contributed by atoms with Crippen LogP contribution < -0.4 is 4.74 Å². The number of carbonyl (C=O) groups is 2. The molecule has 0 aliphatic heterocycles. The molecule has 0 amide bonds. The van der Waals surface area contributed by atoms with E-state index in [0.29, 0.717) is 18.6 Å². The van der Waals surface area contributed by atoms with E-state index in [0.717, 1.165) is 12.8 Å². The Morgan fingerprint density at radius 3 is 2.83 bits per heavy atom. The average molecular weight is 250 g/mol. The molecule has 0 aromatic heterocycles. The molecule has 0 heterocycles. The highest BCUT2D eigenvalue weighted by Crippen LogP contribution is 2.23. The van der Waals surface area contributed by atoms with Crippen LogP contribution in [0.5, 0.6) is 5.75 Å². The minimum absolute atomic E-state index is 0.0575. The Kier molecular flexibility index (Phi) is 3.75. The Balaban J connectivity index is 2.08. The van der Waals surface area contributed by atoms with Crippen molar-refractivity contribution in [3.8, 4) is 5.75 Å². The highest BCUT2D eigenvalue weighted by molar-refractivity contribution is 5.94. The van der Waals surface area contributed by atoms with Gasteiger partial charge in [0.1, 0.15) is 23.5 Å². The van der Waals surface area contributed by atoms with Crippen LogP contribution in [0.1, 0.15) is 43.0 Å². The molecule has 1 unspecified atom stereocenters. The largest absolute Gasteiger partial charge is 0.490 e. The Morgan fingerprint density at radius 2 is 2.22 bits per heavy atom. The van der Waals surface area contributed by atoms with Gasteiger partial charge in [-0.15, -0.1) is 0 Å². The molecule has 0 saturated heterocycles. The van der Waals surface area contributed by atoms with Crippen molar-refractivity contribution in [2.45, 2.75) is 38.7 Å². The lowest BCUT2D eigenvalue weighted by Gasteiger charge is -2.22. The van der Waals surface area contributed by atoms with Crippen LogP contribution in [-0.4, -0.2) is 17.7 Å². The summed E-state index contributed by atoms with van der Waals surface area (Å²) in [5.74, 6) is -0.335. The Labute approximate surface area is 105 Å². The molecule has 1 saturated carbocycles. The number of benzene rings is 1. The van der Waals surface area contributed by atoms with Crippen molar-refractivity contribution < 1.29 is 18.7 Å². The van der Waals surface area contributed by atoms with Gasteiger partial charge >= 0.3 is 0 Å². The normalized spacial score (nSPS) is 19.7. The third kappa shape index (κ3) is 2.94. The molecule has 3 nitrogen and oxygen atoms in total. The van der Waals surface area contributed by atoms with E-state index in [1.807, 2.05) is 0 Å². The molecule has 0 spiro atoms. The van der Waals surface area contributed by atoms with Crippen LogP contribution in [0.2, 0.25) is 0 Å². The SMILES string of the molecule is CC(=O)c1ccc(OC2CCCC(=O)C2)cc1F. The first-order chi connectivity index (χ1) is 8.56. The maximum atomic E-state index is 13.6. The van der Waals surface area contributed by atoms with Gasteiger partial charge < -0.3 is 4.74 Å². The molecule has 0 radical (unpaired) electrons. The highest BCUT2D eigenvalue weighted by Gasteiger charge is 2.21. The predicted molar refractivity (Wildman–Crippen MR) is 64.3 cm³/mol. The molecular formula is C14H15FO3. The molecule has 2 rings (SSSR count). The first kappa shape index (κ1) is 12.7. The summed E-state index contributed by atoms with van der Waals surface area (Å²) in [6, 6.07) is 4.19. The minimum atomic E-state index is -0.581. The lowest BCUT2D eigenvalue weighted by Crippen LogP contribution is -2.25. The van der Waals surface area contributed by atoms with E-state index in [1.165, 1.54) is 19.1 Å². The quantitative estimate of drug-likeness (QED) is 0.775. The molecule has 0 N–H and O–H groups in total. The number of Topliss-reactive ketones (excluding diaryl/α,β-unsaturated/α-hetero) is 2.